The van der Waals surface area contributed by atoms with E-state index in [9.17, 15) is 4.79 Å². The van der Waals surface area contributed by atoms with Crippen LogP contribution in [0.25, 0.3) is 10.2 Å². The highest BCUT2D eigenvalue weighted by Crippen LogP contribution is 2.27. The molecular weight excluding hydrogens is 356 g/mol. The molecule has 3 heterocycles. The van der Waals surface area contributed by atoms with Crippen molar-refractivity contribution in [3.05, 3.63) is 53.2 Å². The molecule has 27 heavy (non-hydrogen) atoms. The number of fused-ring (bicyclic) bond motifs is 1. The molecule has 3 aromatic rings. The molecule has 1 fully saturated rings. The molecule has 1 N–H and O–H groups in total. The van der Waals surface area contributed by atoms with E-state index >= 15 is 0 Å². The maximum atomic E-state index is 12.6. The Morgan fingerprint density at radius 3 is 2.93 bits per heavy atom. The van der Waals surface area contributed by atoms with Crippen molar-refractivity contribution in [1.82, 2.24) is 14.9 Å². The molecule has 0 saturated carbocycles. The Balaban J connectivity index is 1.37. The fraction of sp³-hybridized carbons (Fsp3) is 0.381. The number of nitrogens with one attached hydrogen (secondary N) is 1. The number of aryl methyl sites for hydroxylation is 2. The first kappa shape index (κ1) is 17.9. The van der Waals surface area contributed by atoms with Gasteiger partial charge in [0, 0.05) is 32.0 Å². The number of rotatable bonds is 6. The minimum absolute atomic E-state index is 0.237. The molecule has 140 valence electrons. The number of aromatic nitrogens is 2. The van der Waals surface area contributed by atoms with E-state index in [0.717, 1.165) is 54.2 Å². The average Bonchev–Trinajstić information content (AvgIpc) is 3.36. The largest absolute Gasteiger partial charge is 0.365 e. The highest BCUT2D eigenvalue weighted by atomic mass is 32.1. The van der Waals surface area contributed by atoms with Crippen LogP contribution in [-0.2, 0) is 17.6 Å². The topological polar surface area (TPSA) is 58.1 Å². The van der Waals surface area contributed by atoms with Crippen molar-refractivity contribution < 1.29 is 4.79 Å². The van der Waals surface area contributed by atoms with Gasteiger partial charge in [-0.25, -0.2) is 9.97 Å². The second-order valence-electron chi connectivity index (χ2n) is 6.94. The molecule has 5 nitrogen and oxygen atoms in total. The number of likely N-dealkylation sites (tertiary alicyclic amines) is 1. The van der Waals surface area contributed by atoms with E-state index in [-0.39, 0.29) is 11.9 Å². The highest BCUT2D eigenvalue weighted by molar-refractivity contribution is 7.16. The van der Waals surface area contributed by atoms with Crippen LogP contribution in [0, 0.1) is 0 Å². The van der Waals surface area contributed by atoms with Gasteiger partial charge in [-0.3, -0.25) is 4.79 Å². The van der Waals surface area contributed by atoms with Crippen LogP contribution in [0.1, 0.15) is 31.2 Å². The Labute approximate surface area is 163 Å². The number of benzene rings is 1. The van der Waals surface area contributed by atoms with Gasteiger partial charge >= 0.3 is 0 Å². The summed E-state index contributed by atoms with van der Waals surface area (Å²) in [5, 5.41) is 6.69. The van der Waals surface area contributed by atoms with Crippen molar-refractivity contribution >= 4 is 33.3 Å². The zero-order valence-electron chi connectivity index (χ0n) is 15.5. The van der Waals surface area contributed by atoms with E-state index < -0.39 is 0 Å². The first-order valence-electron chi connectivity index (χ1n) is 9.55. The lowest BCUT2D eigenvalue weighted by atomic mass is 10.1. The van der Waals surface area contributed by atoms with Crippen LogP contribution in [0.3, 0.4) is 0 Å². The molecule has 0 bridgehead atoms. The molecule has 0 spiro atoms. The molecule has 1 aliphatic rings. The van der Waals surface area contributed by atoms with E-state index in [2.05, 4.69) is 45.8 Å². The third kappa shape index (κ3) is 4.11. The number of carbonyl (C=O) groups is 1. The van der Waals surface area contributed by atoms with Gasteiger partial charge in [-0.1, -0.05) is 37.3 Å². The van der Waals surface area contributed by atoms with Gasteiger partial charge in [0.1, 0.15) is 16.5 Å². The second-order valence-corrected chi connectivity index (χ2v) is 7.83. The van der Waals surface area contributed by atoms with Gasteiger partial charge < -0.3 is 10.2 Å². The summed E-state index contributed by atoms with van der Waals surface area (Å²) < 4.78 is 0. The lowest BCUT2D eigenvalue weighted by Gasteiger charge is -2.18. The molecule has 2 aromatic heterocycles. The molecule has 0 aliphatic carbocycles. The number of amides is 1. The van der Waals surface area contributed by atoms with E-state index in [1.807, 2.05) is 23.1 Å². The molecule has 6 heteroatoms. The minimum atomic E-state index is 0.237. The normalized spacial score (nSPS) is 16.8. The molecule has 1 saturated heterocycles. The second kappa shape index (κ2) is 8.05. The number of nitrogens with zero attached hydrogens (tertiary/aromatic N) is 3. The first-order valence-corrected chi connectivity index (χ1v) is 10.4. The van der Waals surface area contributed by atoms with Gasteiger partial charge in [0.2, 0.25) is 5.91 Å². The summed E-state index contributed by atoms with van der Waals surface area (Å²) in [6.45, 7) is 3.62. The number of carbonyl (C=O) groups excluding carboxylic acids is 1. The van der Waals surface area contributed by atoms with Crippen molar-refractivity contribution in [2.24, 2.45) is 0 Å². The Bertz CT molecular complexity index is 924. The number of hydrogen-bond acceptors (Lipinski definition) is 5. The van der Waals surface area contributed by atoms with Gasteiger partial charge in [0.15, 0.2) is 0 Å². The van der Waals surface area contributed by atoms with Crippen molar-refractivity contribution in [3.63, 3.8) is 0 Å². The number of hydrogen-bond donors (Lipinski definition) is 1. The van der Waals surface area contributed by atoms with Crippen LogP contribution in [0.4, 0.5) is 5.82 Å². The van der Waals surface area contributed by atoms with Gasteiger partial charge in [-0.15, -0.1) is 11.3 Å². The fourth-order valence-electron chi connectivity index (χ4n) is 3.52. The summed E-state index contributed by atoms with van der Waals surface area (Å²) in [5.74, 6) is 2.00. The first-order chi connectivity index (χ1) is 13.2. The summed E-state index contributed by atoms with van der Waals surface area (Å²) in [7, 11) is 0. The van der Waals surface area contributed by atoms with Gasteiger partial charge in [-0.2, -0.15) is 0 Å². The van der Waals surface area contributed by atoms with E-state index in [1.54, 1.807) is 11.3 Å². The molecule has 1 amide bonds. The zero-order valence-corrected chi connectivity index (χ0v) is 16.3. The van der Waals surface area contributed by atoms with Crippen molar-refractivity contribution in [2.45, 2.75) is 38.6 Å². The Kier molecular flexibility index (Phi) is 5.34. The minimum Gasteiger partial charge on any atom is -0.365 e. The van der Waals surface area contributed by atoms with Crippen LogP contribution in [0.15, 0.2) is 41.8 Å². The van der Waals surface area contributed by atoms with Gasteiger partial charge in [-0.05, 0) is 29.9 Å². The Morgan fingerprint density at radius 1 is 1.26 bits per heavy atom. The summed E-state index contributed by atoms with van der Waals surface area (Å²) in [6.07, 6.45) is 3.14. The number of anilines is 1. The smallest absolute Gasteiger partial charge is 0.222 e. The molecule has 1 unspecified atom stereocenters. The lowest BCUT2D eigenvalue weighted by Crippen LogP contribution is -2.31. The monoisotopic (exact) mass is 380 g/mol. The molecule has 0 radical (unpaired) electrons. The van der Waals surface area contributed by atoms with Crippen LogP contribution >= 0.6 is 11.3 Å². The van der Waals surface area contributed by atoms with Gasteiger partial charge in [0.05, 0.1) is 5.39 Å². The zero-order chi connectivity index (χ0) is 18.6. The third-order valence-corrected chi connectivity index (χ3v) is 5.85. The van der Waals surface area contributed by atoms with E-state index in [4.69, 9.17) is 0 Å². The molecular formula is C21H24N4OS. The predicted octanol–water partition coefficient (Wildman–Crippen LogP) is 3.90. The van der Waals surface area contributed by atoms with Crippen LogP contribution in [-0.4, -0.2) is 39.9 Å². The molecule has 1 aromatic carbocycles. The SMILES string of the molecule is CCc1nc(NC2CCN(C(=O)CCc3ccccc3)C2)c2ccsc2n1. The van der Waals surface area contributed by atoms with E-state index in [1.165, 1.54) is 5.56 Å². The van der Waals surface area contributed by atoms with Crippen LogP contribution in [0.5, 0.6) is 0 Å². The maximum Gasteiger partial charge on any atom is 0.222 e. The highest BCUT2D eigenvalue weighted by Gasteiger charge is 2.26. The summed E-state index contributed by atoms with van der Waals surface area (Å²) >= 11 is 1.64. The average molecular weight is 381 g/mol. The fourth-order valence-corrected chi connectivity index (χ4v) is 4.30. The Morgan fingerprint density at radius 2 is 2.11 bits per heavy atom. The quantitative estimate of drug-likeness (QED) is 0.705. The van der Waals surface area contributed by atoms with Crippen LogP contribution in [0.2, 0.25) is 0 Å². The molecule has 4 rings (SSSR count). The van der Waals surface area contributed by atoms with E-state index in [0.29, 0.717) is 6.42 Å². The molecule has 1 aliphatic heterocycles. The maximum absolute atomic E-state index is 12.6. The summed E-state index contributed by atoms with van der Waals surface area (Å²) in [4.78, 5) is 24.8. The van der Waals surface area contributed by atoms with Crippen LogP contribution < -0.4 is 5.32 Å². The van der Waals surface area contributed by atoms with Crippen molar-refractivity contribution in [2.75, 3.05) is 18.4 Å². The predicted molar refractivity (Wildman–Crippen MR) is 110 cm³/mol. The third-order valence-electron chi connectivity index (χ3n) is 5.04. The van der Waals surface area contributed by atoms with Crippen molar-refractivity contribution in [1.29, 1.82) is 0 Å². The molecule has 1 atom stereocenters. The van der Waals surface area contributed by atoms with Gasteiger partial charge in [0.25, 0.3) is 0 Å². The summed E-state index contributed by atoms with van der Waals surface area (Å²) in [6, 6.07) is 12.5. The number of thiophene rings is 1. The summed E-state index contributed by atoms with van der Waals surface area (Å²) in [5.41, 5.74) is 1.22. The standard InChI is InChI=1S/C21H24N4OS/c1-2-18-23-20(17-11-13-27-21(17)24-18)22-16-10-12-25(14-16)19(26)9-8-15-6-4-3-5-7-15/h3-7,11,13,16H,2,8-10,12,14H2,1H3,(H,22,23,24). The lowest BCUT2D eigenvalue weighted by molar-refractivity contribution is -0.130. The Hall–Kier alpha value is -2.47. The van der Waals surface area contributed by atoms with Crippen molar-refractivity contribution in [3.8, 4) is 0 Å².